The summed E-state index contributed by atoms with van der Waals surface area (Å²) >= 11 is 0. The second-order valence-electron chi connectivity index (χ2n) is 3.42. The van der Waals surface area contributed by atoms with Gasteiger partial charge in [-0.25, -0.2) is 0 Å². The highest BCUT2D eigenvalue weighted by molar-refractivity contribution is 4.65. The summed E-state index contributed by atoms with van der Waals surface area (Å²) in [7, 11) is 3.98. The van der Waals surface area contributed by atoms with Gasteiger partial charge < -0.3 is 0 Å². The number of rotatable bonds is 4. The highest BCUT2D eigenvalue weighted by atomic mass is 15.1. The molecule has 1 atom stereocenters. The van der Waals surface area contributed by atoms with Gasteiger partial charge in [-0.2, -0.15) is 0 Å². The normalized spacial score (nSPS) is 14.7. The minimum atomic E-state index is 0.627. The fourth-order valence-corrected chi connectivity index (χ4v) is 0.907. The average Bonchev–Trinajstić information content (AvgIpc) is 1.85. The summed E-state index contributed by atoms with van der Waals surface area (Å²) in [6, 6.07) is 0.627. The van der Waals surface area contributed by atoms with E-state index in [0.29, 0.717) is 6.04 Å². The van der Waals surface area contributed by atoms with Crippen molar-refractivity contribution < 1.29 is 0 Å². The zero-order valence-corrected chi connectivity index (χ0v) is 7.72. The maximum atomic E-state index is 3.98. The molecule has 1 nitrogen and oxygen atoms in total. The Kier molecular flexibility index (Phi) is 4.71. The van der Waals surface area contributed by atoms with Gasteiger partial charge in [0.2, 0.25) is 0 Å². The summed E-state index contributed by atoms with van der Waals surface area (Å²) < 4.78 is 0. The first-order chi connectivity index (χ1) is 4.57. The molecule has 0 saturated carbocycles. The molecule has 1 heteroatoms. The van der Waals surface area contributed by atoms with Crippen molar-refractivity contribution in [3.63, 3.8) is 0 Å². The Labute approximate surface area is 65.4 Å². The molecule has 1 unspecified atom stereocenters. The molecular formula is C9H20N. The molecular weight excluding hydrogens is 122 g/mol. The number of hydrogen-bond donors (Lipinski definition) is 0. The van der Waals surface area contributed by atoms with Gasteiger partial charge in [0.1, 0.15) is 0 Å². The van der Waals surface area contributed by atoms with Gasteiger partial charge in [0, 0.05) is 19.6 Å². The van der Waals surface area contributed by atoms with Crippen molar-refractivity contribution in [1.82, 2.24) is 4.90 Å². The molecule has 0 heterocycles. The molecule has 1 radical (unpaired) electrons. The molecule has 10 heavy (non-hydrogen) atoms. The largest absolute Gasteiger partial charge is 0.299 e. The van der Waals surface area contributed by atoms with Crippen molar-refractivity contribution in [3.8, 4) is 0 Å². The monoisotopic (exact) mass is 142 g/mol. The zero-order chi connectivity index (χ0) is 8.15. The molecule has 61 valence electrons. The second-order valence-corrected chi connectivity index (χ2v) is 3.42. The Morgan fingerprint density at radius 2 is 1.80 bits per heavy atom. The molecule has 0 N–H and O–H groups in total. The van der Waals surface area contributed by atoms with Crippen LogP contribution in [0.25, 0.3) is 0 Å². The smallest absolute Gasteiger partial charge is 0.0112 e. The van der Waals surface area contributed by atoms with E-state index in [-0.39, 0.29) is 0 Å². The Morgan fingerprint density at radius 1 is 1.30 bits per heavy atom. The predicted molar refractivity (Wildman–Crippen MR) is 46.7 cm³/mol. The van der Waals surface area contributed by atoms with Crippen LogP contribution in [0.4, 0.5) is 0 Å². The summed E-state index contributed by atoms with van der Waals surface area (Å²) in [6.45, 7) is 9.97. The summed E-state index contributed by atoms with van der Waals surface area (Å²) in [5, 5.41) is 0. The predicted octanol–water partition coefficient (Wildman–Crippen LogP) is 2.53. The van der Waals surface area contributed by atoms with Gasteiger partial charge in [0.25, 0.3) is 0 Å². The van der Waals surface area contributed by atoms with Gasteiger partial charge in [-0.3, -0.25) is 4.90 Å². The van der Waals surface area contributed by atoms with Gasteiger partial charge in [-0.15, -0.1) is 0 Å². The lowest BCUT2D eigenvalue weighted by molar-refractivity contribution is 0.253. The third-order valence-corrected chi connectivity index (χ3v) is 1.81. The zero-order valence-electron chi connectivity index (χ0n) is 7.72. The Balaban J connectivity index is 3.50. The first-order valence-electron chi connectivity index (χ1n) is 4.15. The molecule has 0 aliphatic rings. The lowest BCUT2D eigenvalue weighted by atomic mass is 10.1. The van der Waals surface area contributed by atoms with Gasteiger partial charge in [-0.1, -0.05) is 20.8 Å². The van der Waals surface area contributed by atoms with E-state index in [9.17, 15) is 0 Å². The number of nitrogens with zero attached hydrogens (tertiary/aromatic N) is 1. The van der Waals surface area contributed by atoms with Crippen molar-refractivity contribution in [2.24, 2.45) is 5.92 Å². The SMILES string of the molecule is [CH2]N(CC(C)C)C(C)CC. The first kappa shape index (κ1) is 9.96. The van der Waals surface area contributed by atoms with E-state index in [4.69, 9.17) is 0 Å². The van der Waals surface area contributed by atoms with Crippen LogP contribution in [0.1, 0.15) is 34.1 Å². The molecule has 0 aromatic heterocycles. The lowest BCUT2D eigenvalue weighted by Gasteiger charge is -2.24. The van der Waals surface area contributed by atoms with E-state index < -0.39 is 0 Å². The van der Waals surface area contributed by atoms with Crippen molar-refractivity contribution in [3.05, 3.63) is 7.05 Å². The standard InChI is InChI=1S/C9H20N/c1-6-9(4)10(5)7-8(2)3/h8-9H,5-7H2,1-4H3. The van der Waals surface area contributed by atoms with Crippen LogP contribution in [0.5, 0.6) is 0 Å². The third kappa shape index (κ3) is 3.89. The molecule has 0 aromatic carbocycles. The van der Waals surface area contributed by atoms with E-state index in [1.807, 2.05) is 0 Å². The Hall–Kier alpha value is -0.0400. The van der Waals surface area contributed by atoms with E-state index in [0.717, 1.165) is 12.5 Å². The van der Waals surface area contributed by atoms with Crippen molar-refractivity contribution in [1.29, 1.82) is 0 Å². The van der Waals surface area contributed by atoms with E-state index >= 15 is 0 Å². The van der Waals surface area contributed by atoms with Crippen LogP contribution in [0, 0.1) is 13.0 Å². The van der Waals surface area contributed by atoms with Crippen LogP contribution in [0.15, 0.2) is 0 Å². The van der Waals surface area contributed by atoms with Crippen molar-refractivity contribution in [2.45, 2.75) is 40.2 Å². The molecule has 0 bridgehead atoms. The van der Waals surface area contributed by atoms with Crippen LogP contribution < -0.4 is 0 Å². The molecule has 0 amide bonds. The molecule has 0 rings (SSSR count). The Bertz CT molecular complexity index is 78.8. The fourth-order valence-electron chi connectivity index (χ4n) is 0.907. The third-order valence-electron chi connectivity index (χ3n) is 1.81. The van der Waals surface area contributed by atoms with Crippen molar-refractivity contribution >= 4 is 0 Å². The van der Waals surface area contributed by atoms with Crippen molar-refractivity contribution in [2.75, 3.05) is 6.54 Å². The van der Waals surface area contributed by atoms with Crippen LogP contribution in [0.3, 0.4) is 0 Å². The van der Waals surface area contributed by atoms with E-state index in [1.54, 1.807) is 0 Å². The van der Waals surface area contributed by atoms with Crippen LogP contribution in [-0.2, 0) is 0 Å². The highest BCUT2D eigenvalue weighted by Crippen LogP contribution is 2.04. The van der Waals surface area contributed by atoms with E-state index in [2.05, 4.69) is 39.6 Å². The van der Waals surface area contributed by atoms with Gasteiger partial charge in [-0.05, 0) is 19.3 Å². The van der Waals surface area contributed by atoms with Crippen LogP contribution in [-0.4, -0.2) is 17.5 Å². The van der Waals surface area contributed by atoms with E-state index in [1.165, 1.54) is 6.42 Å². The molecule has 0 spiro atoms. The topological polar surface area (TPSA) is 3.24 Å². The molecule has 0 aromatic rings. The fraction of sp³-hybridized carbons (Fsp3) is 0.889. The molecule has 0 fully saturated rings. The summed E-state index contributed by atoms with van der Waals surface area (Å²) in [6.07, 6.45) is 1.19. The van der Waals surface area contributed by atoms with Gasteiger partial charge >= 0.3 is 0 Å². The summed E-state index contributed by atoms with van der Waals surface area (Å²) in [5.41, 5.74) is 0. The van der Waals surface area contributed by atoms with Crippen LogP contribution >= 0.6 is 0 Å². The minimum Gasteiger partial charge on any atom is -0.299 e. The maximum Gasteiger partial charge on any atom is 0.0112 e. The maximum absolute atomic E-state index is 3.98. The van der Waals surface area contributed by atoms with Gasteiger partial charge in [0.15, 0.2) is 0 Å². The van der Waals surface area contributed by atoms with Gasteiger partial charge in [0.05, 0.1) is 0 Å². The molecule has 0 aliphatic carbocycles. The summed E-state index contributed by atoms with van der Waals surface area (Å²) in [5.74, 6) is 0.728. The highest BCUT2D eigenvalue weighted by Gasteiger charge is 2.07. The minimum absolute atomic E-state index is 0.627. The quantitative estimate of drug-likeness (QED) is 0.583. The first-order valence-corrected chi connectivity index (χ1v) is 4.15. The molecule has 0 aliphatic heterocycles. The second kappa shape index (κ2) is 4.73. The average molecular weight is 142 g/mol. The number of hydrogen-bond acceptors (Lipinski definition) is 1. The van der Waals surface area contributed by atoms with Crippen LogP contribution in [0.2, 0.25) is 0 Å². The summed E-state index contributed by atoms with van der Waals surface area (Å²) in [4.78, 5) is 2.17. The molecule has 0 saturated heterocycles. The Morgan fingerprint density at radius 3 is 2.10 bits per heavy atom. The lowest BCUT2D eigenvalue weighted by Crippen LogP contribution is -2.29.